The molecule has 2 N–H and O–H groups in total. The van der Waals surface area contributed by atoms with Crippen LogP contribution < -0.4 is 15.5 Å². The minimum absolute atomic E-state index is 0.0304. The summed E-state index contributed by atoms with van der Waals surface area (Å²) in [5.74, 6) is 0.0273. The maximum Gasteiger partial charge on any atom is 0.317 e. The Morgan fingerprint density at radius 3 is 2.19 bits per heavy atom. The van der Waals surface area contributed by atoms with Gasteiger partial charge in [-0.2, -0.15) is 0 Å². The Morgan fingerprint density at radius 1 is 0.963 bits per heavy atom. The van der Waals surface area contributed by atoms with Crippen LogP contribution in [0.5, 0.6) is 0 Å². The van der Waals surface area contributed by atoms with Crippen molar-refractivity contribution in [3.63, 3.8) is 0 Å². The van der Waals surface area contributed by atoms with Crippen LogP contribution in [0.1, 0.15) is 46.0 Å². The quantitative estimate of drug-likeness (QED) is 0.851. The third-order valence-corrected chi connectivity index (χ3v) is 5.42. The van der Waals surface area contributed by atoms with Crippen LogP contribution in [0, 0.1) is 5.92 Å². The highest BCUT2D eigenvalue weighted by Gasteiger charge is 2.27. The summed E-state index contributed by atoms with van der Waals surface area (Å²) in [6, 6.07) is 8.28. The number of hydrogen-bond donors (Lipinski definition) is 2. The number of hydrogen-bond acceptors (Lipinski definition) is 3. The van der Waals surface area contributed by atoms with Gasteiger partial charge in [0.25, 0.3) is 0 Å². The number of urea groups is 1. The molecule has 2 fully saturated rings. The second-order valence-corrected chi connectivity index (χ2v) is 7.95. The Kier molecular flexibility index (Phi) is 6.58. The van der Waals surface area contributed by atoms with Crippen molar-refractivity contribution in [2.24, 2.45) is 5.92 Å². The molecule has 2 aliphatic rings. The largest absolute Gasteiger partial charge is 0.372 e. The molecule has 0 saturated carbocycles. The lowest BCUT2D eigenvalue weighted by Gasteiger charge is -2.32. The third-order valence-electron chi connectivity index (χ3n) is 5.42. The topological polar surface area (TPSA) is 64.7 Å². The molecule has 2 aliphatic heterocycles. The van der Waals surface area contributed by atoms with Crippen molar-refractivity contribution in [1.29, 1.82) is 0 Å². The Bertz CT molecular complexity index is 630. The predicted octanol–water partition coefficient (Wildman–Crippen LogP) is 3.45. The molecule has 27 heavy (non-hydrogen) atoms. The zero-order valence-corrected chi connectivity index (χ0v) is 16.5. The fourth-order valence-electron chi connectivity index (χ4n) is 3.84. The van der Waals surface area contributed by atoms with Gasteiger partial charge < -0.3 is 20.4 Å². The lowest BCUT2D eigenvalue weighted by Crippen LogP contribution is -2.47. The molecule has 0 spiro atoms. The van der Waals surface area contributed by atoms with E-state index in [2.05, 4.69) is 27.7 Å². The molecule has 0 aromatic heterocycles. The highest BCUT2D eigenvalue weighted by Crippen LogP contribution is 2.23. The van der Waals surface area contributed by atoms with Crippen LogP contribution >= 0.6 is 0 Å². The van der Waals surface area contributed by atoms with Gasteiger partial charge in [-0.05, 0) is 70.2 Å². The molecule has 0 aliphatic carbocycles. The van der Waals surface area contributed by atoms with E-state index in [0.717, 1.165) is 18.8 Å². The lowest BCUT2D eigenvalue weighted by molar-refractivity contribution is -0.121. The first-order valence-corrected chi connectivity index (χ1v) is 10.2. The van der Waals surface area contributed by atoms with Crippen LogP contribution in [-0.4, -0.2) is 49.1 Å². The molecule has 0 bridgehead atoms. The summed E-state index contributed by atoms with van der Waals surface area (Å²) in [6.45, 7) is 7.40. The van der Waals surface area contributed by atoms with E-state index in [4.69, 9.17) is 0 Å². The van der Waals surface area contributed by atoms with Crippen LogP contribution in [0.25, 0.3) is 0 Å². The molecule has 3 rings (SSSR count). The number of anilines is 2. The molecule has 0 radical (unpaired) electrons. The first-order chi connectivity index (χ1) is 13.0. The molecule has 148 valence electrons. The van der Waals surface area contributed by atoms with Crippen LogP contribution in [-0.2, 0) is 4.79 Å². The predicted molar refractivity (Wildman–Crippen MR) is 109 cm³/mol. The van der Waals surface area contributed by atoms with E-state index in [9.17, 15) is 9.59 Å². The van der Waals surface area contributed by atoms with Crippen molar-refractivity contribution in [3.8, 4) is 0 Å². The van der Waals surface area contributed by atoms with Gasteiger partial charge in [0.05, 0.1) is 0 Å². The standard InChI is InChI=1S/C21H32N4O2/c1-16(2)22-21(27)25-14-10-17(11-15-25)20(26)23-18-6-8-19(9-7-18)24-12-4-3-5-13-24/h6-9,16-17H,3-5,10-15H2,1-2H3,(H,22,27)(H,23,26). The number of likely N-dealkylation sites (tertiary alicyclic amines) is 1. The van der Waals surface area contributed by atoms with Crippen molar-refractivity contribution >= 4 is 23.3 Å². The number of nitrogens with zero attached hydrogens (tertiary/aromatic N) is 2. The van der Waals surface area contributed by atoms with E-state index in [1.54, 1.807) is 4.90 Å². The van der Waals surface area contributed by atoms with E-state index in [1.807, 2.05) is 26.0 Å². The van der Waals surface area contributed by atoms with Gasteiger partial charge in [0.2, 0.25) is 5.91 Å². The number of rotatable bonds is 4. The lowest BCUT2D eigenvalue weighted by atomic mass is 9.96. The van der Waals surface area contributed by atoms with Gasteiger partial charge in [-0.1, -0.05) is 0 Å². The number of nitrogens with one attached hydrogen (secondary N) is 2. The molecule has 2 saturated heterocycles. The fourth-order valence-corrected chi connectivity index (χ4v) is 3.84. The van der Waals surface area contributed by atoms with Crippen molar-refractivity contribution in [1.82, 2.24) is 10.2 Å². The van der Waals surface area contributed by atoms with Gasteiger partial charge in [-0.3, -0.25) is 4.79 Å². The van der Waals surface area contributed by atoms with Gasteiger partial charge in [0.1, 0.15) is 0 Å². The molecular weight excluding hydrogens is 340 g/mol. The summed E-state index contributed by atoms with van der Waals surface area (Å²) in [4.78, 5) is 28.8. The average Bonchev–Trinajstić information content (AvgIpc) is 2.69. The van der Waals surface area contributed by atoms with E-state index in [1.165, 1.54) is 24.9 Å². The highest BCUT2D eigenvalue weighted by atomic mass is 16.2. The summed E-state index contributed by atoms with van der Waals surface area (Å²) in [7, 11) is 0. The van der Waals surface area contributed by atoms with Crippen LogP contribution in [0.2, 0.25) is 0 Å². The number of benzene rings is 1. The highest BCUT2D eigenvalue weighted by molar-refractivity contribution is 5.93. The van der Waals surface area contributed by atoms with Crippen LogP contribution in [0.15, 0.2) is 24.3 Å². The number of piperidine rings is 2. The second-order valence-electron chi connectivity index (χ2n) is 7.95. The number of carbonyl (C=O) groups excluding carboxylic acids is 2. The molecule has 3 amide bonds. The second kappa shape index (κ2) is 9.11. The molecule has 2 heterocycles. The van der Waals surface area contributed by atoms with E-state index in [-0.39, 0.29) is 23.9 Å². The minimum Gasteiger partial charge on any atom is -0.372 e. The third kappa shape index (κ3) is 5.37. The van der Waals surface area contributed by atoms with E-state index < -0.39 is 0 Å². The monoisotopic (exact) mass is 372 g/mol. The Hall–Kier alpha value is -2.24. The average molecular weight is 373 g/mol. The first kappa shape index (κ1) is 19.5. The zero-order valence-electron chi connectivity index (χ0n) is 16.5. The number of carbonyl (C=O) groups is 2. The van der Waals surface area contributed by atoms with Crippen LogP contribution in [0.4, 0.5) is 16.2 Å². The van der Waals surface area contributed by atoms with E-state index in [0.29, 0.717) is 25.9 Å². The van der Waals surface area contributed by atoms with E-state index >= 15 is 0 Å². The summed E-state index contributed by atoms with van der Waals surface area (Å²) in [5, 5.41) is 5.95. The van der Waals surface area contributed by atoms with Gasteiger partial charge in [0, 0.05) is 49.5 Å². The molecule has 1 aromatic rings. The van der Waals surface area contributed by atoms with Gasteiger partial charge in [-0.15, -0.1) is 0 Å². The Morgan fingerprint density at radius 2 is 1.59 bits per heavy atom. The van der Waals surface area contributed by atoms with Crippen molar-refractivity contribution in [2.45, 2.75) is 52.0 Å². The SMILES string of the molecule is CC(C)NC(=O)N1CCC(C(=O)Nc2ccc(N3CCCCC3)cc2)CC1. The van der Waals surface area contributed by atoms with Crippen molar-refractivity contribution < 1.29 is 9.59 Å². The summed E-state index contributed by atoms with van der Waals surface area (Å²) < 4.78 is 0. The Balaban J connectivity index is 1.47. The molecular formula is C21H32N4O2. The Labute approximate surface area is 162 Å². The fraction of sp³-hybridized carbons (Fsp3) is 0.619. The summed E-state index contributed by atoms with van der Waals surface area (Å²) in [5.41, 5.74) is 2.08. The first-order valence-electron chi connectivity index (χ1n) is 10.2. The zero-order chi connectivity index (χ0) is 19.2. The molecule has 1 aromatic carbocycles. The smallest absolute Gasteiger partial charge is 0.317 e. The van der Waals surface area contributed by atoms with Crippen molar-refractivity contribution in [3.05, 3.63) is 24.3 Å². The molecule has 0 unspecified atom stereocenters. The normalized spacial score (nSPS) is 18.5. The van der Waals surface area contributed by atoms with Gasteiger partial charge >= 0.3 is 6.03 Å². The van der Waals surface area contributed by atoms with Crippen molar-refractivity contribution in [2.75, 3.05) is 36.4 Å². The van der Waals surface area contributed by atoms with Gasteiger partial charge in [0.15, 0.2) is 0 Å². The number of amides is 3. The summed E-state index contributed by atoms with van der Waals surface area (Å²) >= 11 is 0. The summed E-state index contributed by atoms with van der Waals surface area (Å²) in [6.07, 6.45) is 5.26. The minimum atomic E-state index is -0.0325. The molecule has 6 heteroatoms. The molecule has 6 nitrogen and oxygen atoms in total. The maximum absolute atomic E-state index is 12.6. The molecule has 0 atom stereocenters. The maximum atomic E-state index is 12.6. The van der Waals surface area contributed by atoms with Gasteiger partial charge in [-0.25, -0.2) is 4.79 Å². The van der Waals surface area contributed by atoms with Crippen LogP contribution in [0.3, 0.4) is 0 Å².